The lowest BCUT2D eigenvalue weighted by Crippen LogP contribution is -2.18. The molecule has 0 aromatic heterocycles. The standard InChI is InChI=1S/C11H11ClO4S/c1-5(12)9(13)7-3-2-6(17)4-8(7)10(14)11(15)16/h2-5,10,14,17H,1H3,(H,15,16). The van der Waals surface area contributed by atoms with Gasteiger partial charge in [-0.3, -0.25) is 4.79 Å². The first kappa shape index (κ1) is 14.0. The van der Waals surface area contributed by atoms with Crippen LogP contribution in [0.15, 0.2) is 23.1 Å². The minimum Gasteiger partial charge on any atom is -0.479 e. The van der Waals surface area contributed by atoms with Crippen LogP contribution in [0.25, 0.3) is 0 Å². The third-order valence-electron chi connectivity index (χ3n) is 2.19. The van der Waals surface area contributed by atoms with Gasteiger partial charge in [0.25, 0.3) is 0 Å². The lowest BCUT2D eigenvalue weighted by molar-refractivity contribution is -0.146. The number of rotatable bonds is 4. The Hall–Kier alpha value is -1.04. The molecule has 4 nitrogen and oxygen atoms in total. The molecule has 0 radical (unpaired) electrons. The molecule has 2 N–H and O–H groups in total. The summed E-state index contributed by atoms with van der Waals surface area (Å²) < 4.78 is 0. The zero-order chi connectivity index (χ0) is 13.2. The Kier molecular flexibility index (Phi) is 4.56. The van der Waals surface area contributed by atoms with Gasteiger partial charge in [0.1, 0.15) is 0 Å². The van der Waals surface area contributed by atoms with Crippen LogP contribution in [0, 0.1) is 0 Å². The smallest absolute Gasteiger partial charge is 0.337 e. The molecule has 0 aliphatic rings. The van der Waals surface area contributed by atoms with Gasteiger partial charge in [-0.1, -0.05) is 0 Å². The summed E-state index contributed by atoms with van der Waals surface area (Å²) in [7, 11) is 0. The highest BCUT2D eigenvalue weighted by Gasteiger charge is 2.24. The molecule has 0 heterocycles. The Morgan fingerprint density at radius 2 is 2.00 bits per heavy atom. The lowest BCUT2D eigenvalue weighted by Gasteiger charge is -2.13. The molecule has 0 amide bonds. The maximum Gasteiger partial charge on any atom is 0.337 e. The number of halogens is 1. The van der Waals surface area contributed by atoms with Crippen molar-refractivity contribution < 1.29 is 19.8 Å². The van der Waals surface area contributed by atoms with Crippen LogP contribution in [0.1, 0.15) is 28.9 Å². The van der Waals surface area contributed by atoms with E-state index in [1.54, 1.807) is 0 Å². The number of alkyl halides is 1. The quantitative estimate of drug-likeness (QED) is 0.445. The number of carbonyl (C=O) groups excluding carboxylic acids is 1. The maximum absolute atomic E-state index is 11.7. The van der Waals surface area contributed by atoms with Crippen LogP contribution in [0.5, 0.6) is 0 Å². The van der Waals surface area contributed by atoms with Crippen LogP contribution in [-0.2, 0) is 4.79 Å². The summed E-state index contributed by atoms with van der Waals surface area (Å²) in [5.74, 6) is -1.87. The topological polar surface area (TPSA) is 74.6 Å². The number of aliphatic hydroxyl groups is 1. The van der Waals surface area contributed by atoms with Gasteiger partial charge in [0.05, 0.1) is 5.38 Å². The van der Waals surface area contributed by atoms with Crippen molar-refractivity contribution in [3.8, 4) is 0 Å². The number of Topliss-reactive ketones (excluding diaryl/α,β-unsaturated/α-hetero) is 1. The second kappa shape index (κ2) is 5.53. The summed E-state index contributed by atoms with van der Waals surface area (Å²) in [5.41, 5.74) is 0.0997. The van der Waals surface area contributed by atoms with Crippen molar-refractivity contribution >= 4 is 36.0 Å². The van der Waals surface area contributed by atoms with Gasteiger partial charge in [-0.15, -0.1) is 24.2 Å². The first-order valence-electron chi connectivity index (χ1n) is 4.76. The average Bonchev–Trinajstić information content (AvgIpc) is 2.26. The third kappa shape index (κ3) is 3.21. The van der Waals surface area contributed by atoms with Crippen LogP contribution in [0.2, 0.25) is 0 Å². The van der Waals surface area contributed by atoms with Crippen molar-refractivity contribution in [2.75, 3.05) is 0 Å². The van der Waals surface area contributed by atoms with Crippen LogP contribution < -0.4 is 0 Å². The molecule has 2 atom stereocenters. The normalized spacial score (nSPS) is 14.1. The van der Waals surface area contributed by atoms with E-state index in [1.807, 2.05) is 0 Å². The SMILES string of the molecule is CC(Cl)C(=O)c1ccc(S)cc1C(O)C(=O)O. The van der Waals surface area contributed by atoms with Crippen molar-refractivity contribution in [1.82, 2.24) is 0 Å². The molecular formula is C11H11ClO4S. The molecule has 6 heteroatoms. The summed E-state index contributed by atoms with van der Waals surface area (Å²) in [4.78, 5) is 22.9. The number of carboxylic acid groups (broad SMARTS) is 1. The number of thiol groups is 1. The van der Waals surface area contributed by atoms with Gasteiger partial charge < -0.3 is 10.2 Å². The minimum absolute atomic E-state index is 0.00231. The van der Waals surface area contributed by atoms with Gasteiger partial charge in [-0.25, -0.2) is 4.79 Å². The highest BCUT2D eigenvalue weighted by molar-refractivity contribution is 7.80. The van der Waals surface area contributed by atoms with Gasteiger partial charge in [-0.05, 0) is 25.1 Å². The largest absolute Gasteiger partial charge is 0.479 e. The van der Waals surface area contributed by atoms with Crippen molar-refractivity contribution in [2.24, 2.45) is 0 Å². The zero-order valence-corrected chi connectivity index (χ0v) is 10.6. The van der Waals surface area contributed by atoms with Crippen molar-refractivity contribution in [2.45, 2.75) is 23.3 Å². The van der Waals surface area contributed by atoms with E-state index in [-0.39, 0.29) is 11.1 Å². The number of ketones is 1. The predicted octanol–water partition coefficient (Wildman–Crippen LogP) is 1.90. The van der Waals surface area contributed by atoms with Gasteiger partial charge in [-0.2, -0.15) is 0 Å². The molecule has 0 fully saturated rings. The molecule has 1 aromatic carbocycles. The highest BCUT2D eigenvalue weighted by atomic mass is 35.5. The van der Waals surface area contributed by atoms with Gasteiger partial charge in [0.15, 0.2) is 11.9 Å². The fourth-order valence-electron chi connectivity index (χ4n) is 1.35. The molecule has 0 saturated heterocycles. The molecular weight excluding hydrogens is 264 g/mol. The maximum atomic E-state index is 11.7. The van der Waals surface area contributed by atoms with Crippen LogP contribution >= 0.6 is 24.2 Å². The first-order valence-corrected chi connectivity index (χ1v) is 5.65. The molecule has 1 aromatic rings. The number of aliphatic carboxylic acids is 1. The van der Waals surface area contributed by atoms with Crippen molar-refractivity contribution in [1.29, 1.82) is 0 Å². The monoisotopic (exact) mass is 274 g/mol. The van der Waals surface area contributed by atoms with Gasteiger partial charge in [0.2, 0.25) is 0 Å². The summed E-state index contributed by atoms with van der Waals surface area (Å²) in [6.07, 6.45) is -1.77. The summed E-state index contributed by atoms with van der Waals surface area (Å²) in [6, 6.07) is 4.28. The molecule has 92 valence electrons. The molecule has 0 aliphatic carbocycles. The number of aliphatic hydroxyl groups excluding tert-OH is 1. The molecule has 17 heavy (non-hydrogen) atoms. The Morgan fingerprint density at radius 1 is 1.41 bits per heavy atom. The Balaban J connectivity index is 3.31. The fourth-order valence-corrected chi connectivity index (χ4v) is 1.68. The van der Waals surface area contributed by atoms with E-state index >= 15 is 0 Å². The molecule has 2 unspecified atom stereocenters. The third-order valence-corrected chi connectivity index (χ3v) is 2.67. The molecule has 0 bridgehead atoms. The summed E-state index contributed by atoms with van der Waals surface area (Å²) in [5, 5.41) is 17.5. The summed E-state index contributed by atoms with van der Waals surface area (Å²) >= 11 is 9.70. The number of carboxylic acids is 1. The average molecular weight is 275 g/mol. The van der Waals surface area contributed by atoms with Crippen molar-refractivity contribution in [3.63, 3.8) is 0 Å². The van der Waals surface area contributed by atoms with Gasteiger partial charge >= 0.3 is 5.97 Å². The van der Waals surface area contributed by atoms with E-state index < -0.39 is 23.2 Å². The number of hydrogen-bond donors (Lipinski definition) is 3. The van der Waals surface area contributed by atoms with E-state index in [0.29, 0.717) is 4.90 Å². The highest BCUT2D eigenvalue weighted by Crippen LogP contribution is 2.24. The van der Waals surface area contributed by atoms with Crippen LogP contribution in [-0.4, -0.2) is 27.3 Å². The molecule has 1 rings (SSSR count). The summed E-state index contributed by atoms with van der Waals surface area (Å²) in [6.45, 7) is 1.48. The first-order chi connectivity index (χ1) is 7.84. The van der Waals surface area contributed by atoms with Crippen molar-refractivity contribution in [3.05, 3.63) is 29.3 Å². The van der Waals surface area contributed by atoms with Crippen LogP contribution in [0.3, 0.4) is 0 Å². The number of carbonyl (C=O) groups is 2. The number of benzene rings is 1. The minimum atomic E-state index is -1.77. The van der Waals surface area contributed by atoms with E-state index in [9.17, 15) is 14.7 Å². The lowest BCUT2D eigenvalue weighted by atomic mass is 9.98. The van der Waals surface area contributed by atoms with E-state index in [1.165, 1.54) is 25.1 Å². The van der Waals surface area contributed by atoms with E-state index in [2.05, 4.69) is 12.6 Å². The second-order valence-electron chi connectivity index (χ2n) is 3.49. The van der Waals surface area contributed by atoms with E-state index in [4.69, 9.17) is 16.7 Å². The molecule has 0 aliphatic heterocycles. The van der Waals surface area contributed by atoms with Gasteiger partial charge in [0, 0.05) is 16.0 Å². The Morgan fingerprint density at radius 3 is 2.47 bits per heavy atom. The zero-order valence-electron chi connectivity index (χ0n) is 8.92. The van der Waals surface area contributed by atoms with Crippen LogP contribution in [0.4, 0.5) is 0 Å². The number of hydrogen-bond acceptors (Lipinski definition) is 4. The fraction of sp³-hybridized carbons (Fsp3) is 0.273. The predicted molar refractivity (Wildman–Crippen MR) is 65.9 cm³/mol. The Labute approximate surface area is 109 Å². The second-order valence-corrected chi connectivity index (χ2v) is 4.66. The molecule has 0 spiro atoms. The molecule has 0 saturated carbocycles. The Bertz CT molecular complexity index is 459. The van der Waals surface area contributed by atoms with E-state index in [0.717, 1.165) is 0 Å².